The molecule has 0 fully saturated rings. The van der Waals surface area contributed by atoms with Gasteiger partial charge >= 0.3 is 0 Å². The number of nitrogens with zero attached hydrogens (tertiary/aromatic N) is 1. The summed E-state index contributed by atoms with van der Waals surface area (Å²) < 4.78 is 21.5. The predicted molar refractivity (Wildman–Crippen MR) is 78.5 cm³/mol. The van der Waals surface area contributed by atoms with Crippen molar-refractivity contribution in [2.24, 2.45) is 0 Å². The molecule has 0 aliphatic heterocycles. The van der Waals surface area contributed by atoms with Crippen molar-refractivity contribution < 1.29 is 8.76 Å². The number of thiazole rings is 1. The minimum Gasteiger partial charge on any atom is -0.398 e. The van der Waals surface area contributed by atoms with Crippen molar-refractivity contribution in [3.05, 3.63) is 42.5 Å². The van der Waals surface area contributed by atoms with Gasteiger partial charge in [0.05, 0.1) is 20.8 Å². The third-order valence-electron chi connectivity index (χ3n) is 2.74. The van der Waals surface area contributed by atoms with Gasteiger partial charge in [-0.1, -0.05) is 12.1 Å². The maximum absolute atomic E-state index is 11.2. The number of hydrogen-bond donors (Lipinski definition) is 2. The Labute approximate surface area is 116 Å². The predicted octanol–water partition coefficient (Wildman–Crippen LogP) is 3.13. The van der Waals surface area contributed by atoms with Gasteiger partial charge in [-0.2, -0.15) is 0 Å². The van der Waals surface area contributed by atoms with Crippen molar-refractivity contribution in [2.75, 3.05) is 5.73 Å². The standard InChI is InChI=1S/C13H10N2O2S2/c14-9-6-5-8(7-12(9)19(16)17)13-15-10-3-1-2-4-11(10)18-13/h1-7H,14H2,(H,16,17). The lowest BCUT2D eigenvalue weighted by Gasteiger charge is -2.03. The number of rotatable bonds is 2. The number of aromatic nitrogens is 1. The molecule has 6 heteroatoms. The van der Waals surface area contributed by atoms with Crippen LogP contribution < -0.4 is 5.73 Å². The van der Waals surface area contributed by atoms with Crippen molar-refractivity contribution >= 4 is 38.3 Å². The summed E-state index contributed by atoms with van der Waals surface area (Å²) >= 11 is -0.546. The summed E-state index contributed by atoms with van der Waals surface area (Å²) in [5, 5.41) is 0.813. The first-order chi connectivity index (χ1) is 9.15. The second-order valence-electron chi connectivity index (χ2n) is 3.99. The Morgan fingerprint density at radius 3 is 2.74 bits per heavy atom. The monoisotopic (exact) mass is 290 g/mol. The molecular formula is C13H10N2O2S2. The third kappa shape index (κ3) is 2.25. The molecule has 0 saturated heterocycles. The molecule has 1 atom stereocenters. The summed E-state index contributed by atoms with van der Waals surface area (Å²) in [5.41, 5.74) is 7.71. The van der Waals surface area contributed by atoms with E-state index in [1.54, 1.807) is 23.5 Å². The van der Waals surface area contributed by atoms with Crippen LogP contribution in [0.5, 0.6) is 0 Å². The van der Waals surface area contributed by atoms with Gasteiger partial charge in [-0.05, 0) is 30.3 Å². The highest BCUT2D eigenvalue weighted by Gasteiger charge is 2.11. The molecule has 0 saturated carbocycles. The van der Waals surface area contributed by atoms with Crippen LogP contribution in [0.25, 0.3) is 20.8 Å². The lowest BCUT2D eigenvalue weighted by Crippen LogP contribution is -1.96. The number of para-hydroxylation sites is 1. The van der Waals surface area contributed by atoms with Crippen molar-refractivity contribution in [3.8, 4) is 10.6 Å². The third-order valence-corrected chi connectivity index (χ3v) is 4.56. The lowest BCUT2D eigenvalue weighted by atomic mass is 10.2. The average molecular weight is 290 g/mol. The Kier molecular flexibility index (Phi) is 3.06. The first-order valence-electron chi connectivity index (χ1n) is 5.51. The van der Waals surface area contributed by atoms with E-state index in [4.69, 9.17) is 5.73 Å². The molecule has 4 nitrogen and oxygen atoms in total. The molecule has 0 aliphatic carbocycles. The maximum atomic E-state index is 11.2. The van der Waals surface area contributed by atoms with Crippen molar-refractivity contribution in [2.45, 2.75) is 4.90 Å². The van der Waals surface area contributed by atoms with Crippen molar-refractivity contribution in [3.63, 3.8) is 0 Å². The Morgan fingerprint density at radius 2 is 2.00 bits per heavy atom. The van der Waals surface area contributed by atoms with Gasteiger partial charge in [0.2, 0.25) is 0 Å². The zero-order chi connectivity index (χ0) is 13.4. The Hall–Kier alpha value is -1.76. The molecule has 0 amide bonds. The first-order valence-corrected chi connectivity index (χ1v) is 7.44. The fraction of sp³-hybridized carbons (Fsp3) is 0. The van der Waals surface area contributed by atoms with Crippen LogP contribution in [-0.2, 0) is 11.1 Å². The molecule has 0 radical (unpaired) electrons. The highest BCUT2D eigenvalue weighted by molar-refractivity contribution is 7.79. The first kappa shape index (κ1) is 12.3. The van der Waals surface area contributed by atoms with Crippen LogP contribution in [0.15, 0.2) is 47.4 Å². The number of fused-ring (bicyclic) bond motifs is 1. The van der Waals surface area contributed by atoms with Crippen molar-refractivity contribution in [1.29, 1.82) is 0 Å². The molecule has 3 N–H and O–H groups in total. The van der Waals surface area contributed by atoms with Crippen LogP contribution in [0.2, 0.25) is 0 Å². The molecule has 1 unspecified atom stereocenters. The summed E-state index contributed by atoms with van der Waals surface area (Å²) in [6.45, 7) is 0. The Balaban J connectivity index is 2.16. The molecule has 3 rings (SSSR count). The fourth-order valence-electron chi connectivity index (χ4n) is 1.81. The molecule has 3 aromatic rings. The molecule has 0 spiro atoms. The van der Waals surface area contributed by atoms with Gasteiger partial charge in [-0.25, -0.2) is 9.19 Å². The smallest absolute Gasteiger partial charge is 0.188 e. The average Bonchev–Trinajstić information content (AvgIpc) is 2.82. The highest BCUT2D eigenvalue weighted by atomic mass is 32.2. The molecular weight excluding hydrogens is 280 g/mol. The number of nitrogens with two attached hydrogens (primary N) is 1. The van der Waals surface area contributed by atoms with Crippen LogP contribution in [0.1, 0.15) is 0 Å². The molecule has 96 valence electrons. The SMILES string of the molecule is Nc1ccc(-c2nc3ccccc3s2)cc1S(=O)O. The number of hydrogen-bond acceptors (Lipinski definition) is 4. The van der Waals surface area contributed by atoms with Crippen LogP contribution in [0, 0.1) is 0 Å². The van der Waals surface area contributed by atoms with Crippen LogP contribution in [0.4, 0.5) is 5.69 Å². The molecule has 1 heterocycles. The largest absolute Gasteiger partial charge is 0.398 e. The second-order valence-corrected chi connectivity index (χ2v) is 5.96. The van der Waals surface area contributed by atoms with E-state index in [9.17, 15) is 8.76 Å². The van der Waals surface area contributed by atoms with E-state index in [1.807, 2.05) is 30.3 Å². The lowest BCUT2D eigenvalue weighted by molar-refractivity contribution is 0.565. The van der Waals surface area contributed by atoms with Gasteiger partial charge in [0.25, 0.3) is 0 Å². The van der Waals surface area contributed by atoms with Crippen molar-refractivity contribution in [1.82, 2.24) is 4.98 Å². The summed E-state index contributed by atoms with van der Waals surface area (Å²) in [6.07, 6.45) is 0. The number of anilines is 1. The minimum atomic E-state index is -2.09. The van der Waals surface area contributed by atoms with E-state index in [0.717, 1.165) is 20.8 Å². The minimum absolute atomic E-state index is 0.219. The van der Waals surface area contributed by atoms with Crippen LogP contribution >= 0.6 is 11.3 Å². The number of nitrogen functional groups attached to an aromatic ring is 1. The van der Waals surface area contributed by atoms with Gasteiger partial charge in [-0.15, -0.1) is 11.3 Å². The normalized spacial score (nSPS) is 12.7. The van der Waals surface area contributed by atoms with Gasteiger partial charge in [0.1, 0.15) is 5.01 Å². The van der Waals surface area contributed by atoms with E-state index in [2.05, 4.69) is 4.98 Å². The van der Waals surface area contributed by atoms with E-state index in [1.165, 1.54) is 0 Å². The molecule has 19 heavy (non-hydrogen) atoms. The summed E-state index contributed by atoms with van der Waals surface area (Å²) in [4.78, 5) is 4.73. The van der Waals surface area contributed by atoms with E-state index in [0.29, 0.717) is 5.69 Å². The maximum Gasteiger partial charge on any atom is 0.188 e. The Bertz CT molecular complexity index is 750. The quantitative estimate of drug-likeness (QED) is 0.561. The summed E-state index contributed by atoms with van der Waals surface area (Å²) in [5.74, 6) is 0. The Morgan fingerprint density at radius 1 is 1.21 bits per heavy atom. The topological polar surface area (TPSA) is 76.2 Å². The molecule has 0 bridgehead atoms. The van der Waals surface area contributed by atoms with Gasteiger partial charge in [-0.3, -0.25) is 0 Å². The highest BCUT2D eigenvalue weighted by Crippen LogP contribution is 2.32. The summed E-state index contributed by atoms with van der Waals surface area (Å²) in [6, 6.07) is 12.9. The number of benzene rings is 2. The fourth-order valence-corrected chi connectivity index (χ4v) is 3.27. The van der Waals surface area contributed by atoms with Gasteiger partial charge in [0, 0.05) is 5.56 Å². The van der Waals surface area contributed by atoms with Crippen LogP contribution in [-0.4, -0.2) is 13.7 Å². The molecule has 1 aromatic heterocycles. The zero-order valence-corrected chi connectivity index (χ0v) is 11.4. The van der Waals surface area contributed by atoms with Crippen LogP contribution in [0.3, 0.4) is 0 Å². The van der Waals surface area contributed by atoms with Gasteiger partial charge < -0.3 is 10.3 Å². The van der Waals surface area contributed by atoms with Gasteiger partial charge in [0.15, 0.2) is 11.1 Å². The second kappa shape index (κ2) is 4.73. The molecule has 0 aliphatic rings. The zero-order valence-electron chi connectivity index (χ0n) is 9.74. The van der Waals surface area contributed by atoms with E-state index >= 15 is 0 Å². The van der Waals surface area contributed by atoms with E-state index in [-0.39, 0.29) is 4.90 Å². The molecule has 2 aromatic carbocycles. The van der Waals surface area contributed by atoms with E-state index < -0.39 is 11.1 Å². The summed E-state index contributed by atoms with van der Waals surface area (Å²) in [7, 11) is 0.